The predicted octanol–water partition coefficient (Wildman–Crippen LogP) is 1.34. The number of rotatable bonds is 6. The van der Waals surface area contributed by atoms with Gasteiger partial charge >= 0.3 is 0 Å². The Hall–Kier alpha value is -1.36. The van der Waals surface area contributed by atoms with Gasteiger partial charge in [0.15, 0.2) is 0 Å². The lowest BCUT2D eigenvalue weighted by atomic mass is 10.3. The third-order valence-corrected chi connectivity index (χ3v) is 2.17. The van der Waals surface area contributed by atoms with Crippen LogP contribution in [0.15, 0.2) is 0 Å². The fraction of sp³-hybridized carbons (Fsp3) is 0.636. The van der Waals surface area contributed by atoms with Crippen LogP contribution in [0.4, 0.5) is 5.82 Å². The number of nitrogen functional groups attached to an aromatic ring is 1. The number of anilines is 1. The molecule has 0 bridgehead atoms. The van der Waals surface area contributed by atoms with E-state index in [1.807, 2.05) is 20.8 Å². The summed E-state index contributed by atoms with van der Waals surface area (Å²) in [7, 11) is 0. The number of hydrogen-bond acceptors (Lipinski definition) is 5. The minimum Gasteiger partial charge on any atom is -0.475 e. The molecule has 90 valence electrons. The molecule has 0 unspecified atom stereocenters. The molecule has 0 aromatic carbocycles. The molecule has 0 fully saturated rings. The van der Waals surface area contributed by atoms with Gasteiger partial charge in [0.2, 0.25) is 5.88 Å². The third-order valence-electron chi connectivity index (χ3n) is 2.17. The van der Waals surface area contributed by atoms with Crippen LogP contribution in [0.3, 0.4) is 0 Å². The molecule has 0 aliphatic carbocycles. The van der Waals surface area contributed by atoms with Crippen molar-refractivity contribution in [2.24, 2.45) is 0 Å². The zero-order valence-electron chi connectivity index (χ0n) is 10.1. The first kappa shape index (κ1) is 12.7. The highest BCUT2D eigenvalue weighted by Crippen LogP contribution is 2.19. The molecule has 0 saturated heterocycles. The number of nitrogens with zero attached hydrogens (tertiary/aromatic N) is 2. The molecule has 0 saturated carbocycles. The lowest BCUT2D eigenvalue weighted by Gasteiger charge is -2.10. The van der Waals surface area contributed by atoms with Crippen molar-refractivity contribution >= 4 is 5.82 Å². The summed E-state index contributed by atoms with van der Waals surface area (Å²) in [6.45, 7) is 7.51. The maximum absolute atomic E-state index is 5.77. The van der Waals surface area contributed by atoms with E-state index in [0.29, 0.717) is 37.3 Å². The quantitative estimate of drug-likeness (QED) is 0.740. The Kier molecular flexibility index (Phi) is 4.98. The zero-order chi connectivity index (χ0) is 12.0. The van der Waals surface area contributed by atoms with E-state index in [1.54, 1.807) is 0 Å². The van der Waals surface area contributed by atoms with Crippen molar-refractivity contribution in [3.8, 4) is 5.88 Å². The summed E-state index contributed by atoms with van der Waals surface area (Å²) in [5.41, 5.74) is 6.55. The van der Waals surface area contributed by atoms with E-state index >= 15 is 0 Å². The average Bonchev–Trinajstić information content (AvgIpc) is 2.29. The van der Waals surface area contributed by atoms with Gasteiger partial charge in [0, 0.05) is 13.0 Å². The van der Waals surface area contributed by atoms with Gasteiger partial charge in [-0.15, -0.1) is 0 Å². The zero-order valence-corrected chi connectivity index (χ0v) is 10.1. The van der Waals surface area contributed by atoms with Gasteiger partial charge in [-0.05, 0) is 13.8 Å². The van der Waals surface area contributed by atoms with E-state index in [9.17, 15) is 0 Å². The van der Waals surface area contributed by atoms with Crippen LogP contribution in [0.2, 0.25) is 0 Å². The van der Waals surface area contributed by atoms with Crippen LogP contribution in [0, 0.1) is 6.92 Å². The Morgan fingerprint density at radius 3 is 2.56 bits per heavy atom. The summed E-state index contributed by atoms with van der Waals surface area (Å²) in [5.74, 6) is 1.75. The van der Waals surface area contributed by atoms with Crippen LogP contribution in [0.5, 0.6) is 5.88 Å². The summed E-state index contributed by atoms with van der Waals surface area (Å²) in [6, 6.07) is 0. The van der Waals surface area contributed by atoms with Gasteiger partial charge in [0.25, 0.3) is 0 Å². The van der Waals surface area contributed by atoms with Crippen LogP contribution >= 0.6 is 0 Å². The van der Waals surface area contributed by atoms with Gasteiger partial charge in [-0.25, -0.2) is 4.98 Å². The maximum atomic E-state index is 5.77. The highest BCUT2D eigenvalue weighted by atomic mass is 16.5. The van der Waals surface area contributed by atoms with Crippen molar-refractivity contribution in [1.29, 1.82) is 0 Å². The Morgan fingerprint density at radius 1 is 1.19 bits per heavy atom. The summed E-state index contributed by atoms with van der Waals surface area (Å²) < 4.78 is 10.7. The molecular weight excluding hydrogens is 206 g/mol. The van der Waals surface area contributed by atoms with Crippen molar-refractivity contribution in [1.82, 2.24) is 9.97 Å². The van der Waals surface area contributed by atoms with E-state index in [2.05, 4.69) is 9.97 Å². The maximum Gasteiger partial charge on any atom is 0.221 e. The molecule has 0 radical (unpaired) electrons. The fourth-order valence-electron chi connectivity index (χ4n) is 1.20. The Labute approximate surface area is 96.0 Å². The van der Waals surface area contributed by atoms with Crippen LogP contribution < -0.4 is 10.5 Å². The van der Waals surface area contributed by atoms with Crippen LogP contribution in [0.25, 0.3) is 0 Å². The van der Waals surface area contributed by atoms with E-state index in [-0.39, 0.29) is 0 Å². The SMILES string of the molecule is CCOCCOc1nc(CC)nc(N)c1C. The van der Waals surface area contributed by atoms with Crippen LogP contribution in [-0.2, 0) is 11.2 Å². The second-order valence-electron chi connectivity index (χ2n) is 3.35. The van der Waals surface area contributed by atoms with Crippen LogP contribution in [-0.4, -0.2) is 29.8 Å². The molecule has 1 aromatic rings. The first-order chi connectivity index (χ1) is 7.69. The third kappa shape index (κ3) is 3.34. The average molecular weight is 225 g/mol. The van der Waals surface area contributed by atoms with E-state index in [1.165, 1.54) is 0 Å². The number of aromatic nitrogens is 2. The molecule has 16 heavy (non-hydrogen) atoms. The number of hydrogen-bond donors (Lipinski definition) is 1. The van der Waals surface area contributed by atoms with Crippen molar-refractivity contribution in [3.63, 3.8) is 0 Å². The van der Waals surface area contributed by atoms with Gasteiger partial charge in [0.05, 0.1) is 12.2 Å². The predicted molar refractivity (Wildman–Crippen MR) is 62.5 cm³/mol. The van der Waals surface area contributed by atoms with Crippen molar-refractivity contribution in [2.45, 2.75) is 27.2 Å². The lowest BCUT2D eigenvalue weighted by molar-refractivity contribution is 0.108. The van der Waals surface area contributed by atoms with Gasteiger partial charge < -0.3 is 15.2 Å². The monoisotopic (exact) mass is 225 g/mol. The van der Waals surface area contributed by atoms with Gasteiger partial charge in [-0.2, -0.15) is 4.98 Å². The van der Waals surface area contributed by atoms with Gasteiger partial charge in [0.1, 0.15) is 18.2 Å². The second-order valence-corrected chi connectivity index (χ2v) is 3.35. The summed E-state index contributed by atoms with van der Waals surface area (Å²) >= 11 is 0. The highest BCUT2D eigenvalue weighted by molar-refractivity contribution is 5.44. The van der Waals surface area contributed by atoms with E-state index in [4.69, 9.17) is 15.2 Å². The van der Waals surface area contributed by atoms with E-state index in [0.717, 1.165) is 12.0 Å². The molecule has 1 aromatic heterocycles. The highest BCUT2D eigenvalue weighted by Gasteiger charge is 2.08. The van der Waals surface area contributed by atoms with Crippen LogP contribution in [0.1, 0.15) is 25.2 Å². The molecular formula is C11H19N3O2. The number of ether oxygens (including phenoxy) is 2. The summed E-state index contributed by atoms with van der Waals surface area (Å²) in [6.07, 6.45) is 0.742. The fourth-order valence-corrected chi connectivity index (χ4v) is 1.20. The first-order valence-electron chi connectivity index (χ1n) is 5.52. The molecule has 0 aliphatic rings. The summed E-state index contributed by atoms with van der Waals surface area (Å²) in [5, 5.41) is 0. The van der Waals surface area contributed by atoms with E-state index < -0.39 is 0 Å². The van der Waals surface area contributed by atoms with Gasteiger partial charge in [-0.3, -0.25) is 0 Å². The minimum atomic E-state index is 0.480. The standard InChI is InChI=1S/C11H19N3O2/c1-4-9-13-10(12)8(3)11(14-9)16-7-6-15-5-2/h4-7H2,1-3H3,(H2,12,13,14). The Morgan fingerprint density at radius 2 is 1.94 bits per heavy atom. The lowest BCUT2D eigenvalue weighted by Crippen LogP contribution is -2.11. The number of nitrogens with two attached hydrogens (primary N) is 1. The summed E-state index contributed by atoms with van der Waals surface area (Å²) in [4.78, 5) is 8.43. The molecule has 0 aliphatic heterocycles. The Balaban J connectivity index is 2.66. The van der Waals surface area contributed by atoms with Crippen molar-refractivity contribution in [2.75, 3.05) is 25.6 Å². The molecule has 5 nitrogen and oxygen atoms in total. The largest absolute Gasteiger partial charge is 0.475 e. The number of aryl methyl sites for hydroxylation is 1. The molecule has 5 heteroatoms. The molecule has 2 N–H and O–H groups in total. The second kappa shape index (κ2) is 6.27. The molecule has 1 rings (SSSR count). The minimum absolute atomic E-state index is 0.480. The Bertz CT molecular complexity index is 342. The van der Waals surface area contributed by atoms with Crippen molar-refractivity contribution in [3.05, 3.63) is 11.4 Å². The topological polar surface area (TPSA) is 70.3 Å². The molecule has 0 atom stereocenters. The van der Waals surface area contributed by atoms with Crippen molar-refractivity contribution < 1.29 is 9.47 Å². The van der Waals surface area contributed by atoms with Gasteiger partial charge in [-0.1, -0.05) is 6.92 Å². The smallest absolute Gasteiger partial charge is 0.221 e. The first-order valence-corrected chi connectivity index (χ1v) is 5.52. The molecule has 0 spiro atoms. The molecule has 1 heterocycles. The molecule has 0 amide bonds. The normalized spacial score (nSPS) is 10.4.